The van der Waals surface area contributed by atoms with E-state index in [-0.39, 0.29) is 0 Å². The van der Waals surface area contributed by atoms with Gasteiger partial charge in [-0.2, -0.15) is 0 Å². The lowest BCUT2D eigenvalue weighted by Gasteiger charge is -1.95. The summed E-state index contributed by atoms with van der Waals surface area (Å²) in [6.07, 6.45) is 0. The van der Waals surface area contributed by atoms with Crippen LogP contribution in [0.1, 0.15) is 6.92 Å². The zero-order valence-electron chi connectivity index (χ0n) is 4.30. The van der Waals surface area contributed by atoms with Crippen molar-refractivity contribution in [3.05, 3.63) is 0 Å². The molecule has 0 aliphatic heterocycles. The Labute approximate surface area is 41.7 Å². The first kappa shape index (κ1) is 6.23. The minimum atomic E-state index is 0.336. The molecule has 4 nitrogen and oxygen atoms in total. The fourth-order valence-corrected chi connectivity index (χ4v) is 0.168. The quantitative estimate of drug-likeness (QED) is 0.212. The van der Waals surface area contributed by atoms with E-state index < -0.39 is 0 Å². The average molecular weight is 104 g/mol. The third-order valence-electron chi connectivity index (χ3n) is 0.400. The largest absolute Gasteiger partial charge is 0.409 e. The van der Waals surface area contributed by atoms with E-state index >= 15 is 0 Å². The van der Waals surface area contributed by atoms with Crippen LogP contribution in [0.4, 0.5) is 0 Å². The van der Waals surface area contributed by atoms with E-state index in [2.05, 4.69) is 15.5 Å². The smallest absolute Gasteiger partial charge is 0.162 e. The minimum absolute atomic E-state index is 0.336. The molecular formula is C3H8N2O2. The van der Waals surface area contributed by atoms with E-state index in [1.165, 1.54) is 7.11 Å². The first-order chi connectivity index (χ1) is 3.31. The third-order valence-corrected chi connectivity index (χ3v) is 0.400. The Morgan fingerprint density at radius 1 is 1.86 bits per heavy atom. The molecule has 0 saturated carbocycles. The van der Waals surface area contributed by atoms with Gasteiger partial charge in [-0.1, -0.05) is 5.16 Å². The van der Waals surface area contributed by atoms with Gasteiger partial charge in [-0.25, -0.2) is 0 Å². The van der Waals surface area contributed by atoms with E-state index in [0.29, 0.717) is 5.84 Å². The maximum absolute atomic E-state index is 7.91. The van der Waals surface area contributed by atoms with E-state index in [9.17, 15) is 0 Å². The van der Waals surface area contributed by atoms with Crippen LogP contribution in [0.5, 0.6) is 0 Å². The van der Waals surface area contributed by atoms with Crippen molar-refractivity contribution >= 4 is 5.84 Å². The maximum atomic E-state index is 7.91. The number of hydrogen-bond acceptors (Lipinski definition) is 3. The van der Waals surface area contributed by atoms with Gasteiger partial charge in [0.05, 0.1) is 7.11 Å². The van der Waals surface area contributed by atoms with E-state index in [0.717, 1.165) is 0 Å². The van der Waals surface area contributed by atoms with Crippen LogP contribution >= 0.6 is 0 Å². The maximum Gasteiger partial charge on any atom is 0.162 e. The Balaban J connectivity index is 3.17. The molecule has 0 radical (unpaired) electrons. The van der Waals surface area contributed by atoms with Gasteiger partial charge in [-0.3, -0.25) is 10.3 Å². The zero-order valence-corrected chi connectivity index (χ0v) is 4.30. The summed E-state index contributed by atoms with van der Waals surface area (Å²) < 4.78 is 0. The Bertz CT molecular complexity index is 71.3. The summed E-state index contributed by atoms with van der Waals surface area (Å²) in [6.45, 7) is 1.57. The lowest BCUT2D eigenvalue weighted by Crippen LogP contribution is -2.17. The molecule has 0 spiro atoms. The highest BCUT2D eigenvalue weighted by Crippen LogP contribution is 1.63. The van der Waals surface area contributed by atoms with Gasteiger partial charge < -0.3 is 5.21 Å². The number of oxime groups is 1. The van der Waals surface area contributed by atoms with Crippen LogP contribution in [-0.4, -0.2) is 18.2 Å². The molecule has 0 bridgehead atoms. The number of nitrogens with zero attached hydrogens (tertiary/aromatic N) is 1. The monoisotopic (exact) mass is 104 g/mol. The van der Waals surface area contributed by atoms with Gasteiger partial charge in [-0.15, -0.1) is 0 Å². The fraction of sp³-hybridized carbons (Fsp3) is 0.667. The van der Waals surface area contributed by atoms with Crippen LogP contribution in [0.15, 0.2) is 5.16 Å². The first-order valence-corrected chi connectivity index (χ1v) is 1.79. The highest BCUT2D eigenvalue weighted by molar-refractivity contribution is 5.77. The summed E-state index contributed by atoms with van der Waals surface area (Å²) >= 11 is 0. The second kappa shape index (κ2) is 3.42. The van der Waals surface area contributed by atoms with Crippen LogP contribution in [0.2, 0.25) is 0 Å². The number of amidine groups is 1. The molecule has 0 fully saturated rings. The summed E-state index contributed by atoms with van der Waals surface area (Å²) in [7, 11) is 1.44. The Morgan fingerprint density at radius 2 is 2.43 bits per heavy atom. The van der Waals surface area contributed by atoms with Gasteiger partial charge in [0, 0.05) is 0 Å². The molecule has 0 heterocycles. The van der Waals surface area contributed by atoms with Crippen LogP contribution < -0.4 is 5.48 Å². The first-order valence-electron chi connectivity index (χ1n) is 1.79. The molecule has 0 aromatic rings. The standard InChI is InChI=1S/C3H8N2O2/c1-3(4-6)5-7-2/h6H,1-2H3,(H,4,5). The van der Waals surface area contributed by atoms with Crippen LogP contribution in [-0.2, 0) is 4.84 Å². The number of nitrogens with one attached hydrogen (secondary N) is 1. The molecule has 42 valence electrons. The molecule has 0 aromatic heterocycles. The lowest BCUT2D eigenvalue weighted by atomic mass is 10.7. The van der Waals surface area contributed by atoms with Gasteiger partial charge in [-0.05, 0) is 6.92 Å². The van der Waals surface area contributed by atoms with Gasteiger partial charge >= 0.3 is 0 Å². The molecule has 0 rings (SSSR count). The van der Waals surface area contributed by atoms with Crippen molar-refractivity contribution < 1.29 is 10.0 Å². The summed E-state index contributed by atoms with van der Waals surface area (Å²) in [5.74, 6) is 0.336. The Morgan fingerprint density at radius 3 is 2.57 bits per heavy atom. The molecule has 4 heteroatoms. The Kier molecular flexibility index (Phi) is 3.04. The minimum Gasteiger partial charge on any atom is -0.409 e. The van der Waals surface area contributed by atoms with Crippen LogP contribution in [0.25, 0.3) is 0 Å². The highest BCUT2D eigenvalue weighted by Gasteiger charge is 1.80. The van der Waals surface area contributed by atoms with Crippen molar-refractivity contribution in [1.82, 2.24) is 5.48 Å². The van der Waals surface area contributed by atoms with E-state index in [4.69, 9.17) is 5.21 Å². The second-order valence-corrected chi connectivity index (χ2v) is 0.992. The SMILES string of the molecule is CONC(C)=NO. The van der Waals surface area contributed by atoms with Crippen molar-refractivity contribution in [3.8, 4) is 0 Å². The topological polar surface area (TPSA) is 53.8 Å². The number of hydrogen-bond donors (Lipinski definition) is 2. The molecule has 2 N–H and O–H groups in total. The molecule has 0 aliphatic rings. The fourth-order valence-electron chi connectivity index (χ4n) is 0.168. The second-order valence-electron chi connectivity index (χ2n) is 0.992. The van der Waals surface area contributed by atoms with E-state index in [1.807, 2.05) is 0 Å². The van der Waals surface area contributed by atoms with Crippen LogP contribution in [0, 0.1) is 0 Å². The molecule has 0 saturated heterocycles. The van der Waals surface area contributed by atoms with Crippen LogP contribution in [0.3, 0.4) is 0 Å². The molecule has 7 heavy (non-hydrogen) atoms. The van der Waals surface area contributed by atoms with Crippen molar-refractivity contribution in [2.24, 2.45) is 5.16 Å². The lowest BCUT2D eigenvalue weighted by molar-refractivity contribution is 0.139. The van der Waals surface area contributed by atoms with Crippen molar-refractivity contribution in [2.45, 2.75) is 6.92 Å². The van der Waals surface area contributed by atoms with Gasteiger partial charge in [0.1, 0.15) is 0 Å². The van der Waals surface area contributed by atoms with Gasteiger partial charge in [0.15, 0.2) is 5.84 Å². The summed E-state index contributed by atoms with van der Waals surface area (Å²) in [4.78, 5) is 4.35. The Hall–Kier alpha value is -0.770. The molecule has 0 amide bonds. The zero-order chi connectivity index (χ0) is 5.70. The van der Waals surface area contributed by atoms with E-state index in [1.54, 1.807) is 6.92 Å². The normalized spacial score (nSPS) is 11.4. The third kappa shape index (κ3) is 3.05. The number of rotatable bonds is 1. The van der Waals surface area contributed by atoms with Crippen molar-refractivity contribution in [1.29, 1.82) is 0 Å². The molecular weight excluding hydrogens is 96.0 g/mol. The predicted molar refractivity (Wildman–Crippen MR) is 25.0 cm³/mol. The van der Waals surface area contributed by atoms with Crippen molar-refractivity contribution in [3.63, 3.8) is 0 Å². The van der Waals surface area contributed by atoms with Gasteiger partial charge in [0.25, 0.3) is 0 Å². The summed E-state index contributed by atoms with van der Waals surface area (Å²) in [5, 5.41) is 10.7. The van der Waals surface area contributed by atoms with Crippen molar-refractivity contribution in [2.75, 3.05) is 7.11 Å². The molecule has 0 aliphatic carbocycles. The highest BCUT2D eigenvalue weighted by atomic mass is 16.6. The van der Waals surface area contributed by atoms with Gasteiger partial charge in [0.2, 0.25) is 0 Å². The molecule has 0 unspecified atom stereocenters. The average Bonchev–Trinajstić information content (AvgIpc) is 1.68. The summed E-state index contributed by atoms with van der Waals surface area (Å²) in [6, 6.07) is 0. The molecule has 0 aromatic carbocycles. The predicted octanol–water partition coefficient (Wildman–Crippen LogP) is -0.0550. The summed E-state index contributed by atoms with van der Waals surface area (Å²) in [5.41, 5.74) is 2.30. The molecule has 0 atom stereocenters. The number of hydroxylamine groups is 1.